The smallest absolute Gasteiger partial charge is 0.116 e. The van der Waals surface area contributed by atoms with Gasteiger partial charge in [-0.15, -0.1) is 0 Å². The monoisotopic (exact) mass is 276 g/mol. The van der Waals surface area contributed by atoms with Crippen LogP contribution in [0.3, 0.4) is 0 Å². The summed E-state index contributed by atoms with van der Waals surface area (Å²) >= 11 is 0. The molecule has 1 aromatic rings. The standard InChI is InChI=1S/C19H21BO/c1-4-13-5-6-16-15(10-13)18(20)17-11-14(9-12(2)21)7-8-19(16,17)3/h4-7,10-11,18,21H,1-2,8-9,20H2,3H3. The summed E-state index contributed by atoms with van der Waals surface area (Å²) in [4.78, 5) is 0. The molecule has 0 aliphatic heterocycles. The number of benzene rings is 1. The van der Waals surface area contributed by atoms with Gasteiger partial charge in [-0.1, -0.05) is 62.1 Å². The largest absolute Gasteiger partial charge is 0.513 e. The lowest BCUT2D eigenvalue weighted by atomic mass is 9.69. The molecule has 2 aliphatic rings. The van der Waals surface area contributed by atoms with Gasteiger partial charge in [-0.2, -0.15) is 0 Å². The summed E-state index contributed by atoms with van der Waals surface area (Å²) < 4.78 is 0. The first-order chi connectivity index (χ1) is 9.95. The molecule has 0 bridgehead atoms. The molecule has 0 fully saturated rings. The van der Waals surface area contributed by atoms with Gasteiger partial charge < -0.3 is 5.11 Å². The summed E-state index contributed by atoms with van der Waals surface area (Å²) in [6.07, 6.45) is 7.97. The van der Waals surface area contributed by atoms with Crippen molar-refractivity contribution in [3.8, 4) is 0 Å². The van der Waals surface area contributed by atoms with E-state index in [4.69, 9.17) is 0 Å². The van der Waals surface area contributed by atoms with E-state index in [2.05, 4.69) is 58.3 Å². The van der Waals surface area contributed by atoms with Crippen LogP contribution in [-0.4, -0.2) is 13.0 Å². The predicted octanol–water partition coefficient (Wildman–Crippen LogP) is 3.99. The highest BCUT2D eigenvalue weighted by atomic mass is 16.3. The van der Waals surface area contributed by atoms with Crippen LogP contribution in [0.4, 0.5) is 0 Å². The van der Waals surface area contributed by atoms with E-state index in [1.54, 1.807) is 0 Å². The fourth-order valence-corrected chi connectivity index (χ4v) is 3.83. The number of hydrogen-bond donors (Lipinski definition) is 1. The average molecular weight is 276 g/mol. The first-order valence-electron chi connectivity index (χ1n) is 7.50. The van der Waals surface area contributed by atoms with E-state index in [1.807, 2.05) is 6.08 Å². The molecule has 1 aromatic carbocycles. The Bertz CT molecular complexity index is 696. The number of allylic oxidation sites excluding steroid dienone is 4. The van der Waals surface area contributed by atoms with E-state index in [9.17, 15) is 5.11 Å². The molecule has 0 spiro atoms. The maximum Gasteiger partial charge on any atom is 0.116 e. The molecule has 3 rings (SSSR count). The van der Waals surface area contributed by atoms with Gasteiger partial charge in [-0.25, -0.2) is 0 Å². The van der Waals surface area contributed by atoms with Crippen LogP contribution in [0.5, 0.6) is 0 Å². The molecule has 0 saturated carbocycles. The number of fused-ring (bicyclic) bond motifs is 3. The molecule has 0 amide bonds. The van der Waals surface area contributed by atoms with Crippen molar-refractivity contribution in [1.82, 2.24) is 0 Å². The van der Waals surface area contributed by atoms with Crippen LogP contribution >= 0.6 is 0 Å². The SMILES string of the molecule is BC1C2=CC(CC(=C)O)=CCC2(C)c2ccc(C=C)cc21. The second kappa shape index (κ2) is 4.80. The minimum atomic E-state index is 0.0920. The van der Waals surface area contributed by atoms with Crippen LogP contribution < -0.4 is 0 Å². The fraction of sp³-hybridized carbons (Fsp3) is 0.263. The Morgan fingerprint density at radius 2 is 2.29 bits per heavy atom. The van der Waals surface area contributed by atoms with E-state index < -0.39 is 0 Å². The second-order valence-electron chi connectivity index (χ2n) is 6.43. The molecule has 0 aromatic heterocycles. The summed E-state index contributed by atoms with van der Waals surface area (Å²) in [6.45, 7) is 9.81. The van der Waals surface area contributed by atoms with E-state index in [0.29, 0.717) is 12.2 Å². The van der Waals surface area contributed by atoms with Crippen molar-refractivity contribution in [2.45, 2.75) is 31.0 Å². The lowest BCUT2D eigenvalue weighted by molar-refractivity contribution is 0.401. The van der Waals surface area contributed by atoms with Crippen LogP contribution in [0.1, 0.15) is 42.3 Å². The molecule has 2 heteroatoms. The predicted molar refractivity (Wildman–Crippen MR) is 92.3 cm³/mol. The average Bonchev–Trinajstić information content (AvgIpc) is 2.67. The molecule has 1 N–H and O–H groups in total. The second-order valence-corrected chi connectivity index (χ2v) is 6.43. The van der Waals surface area contributed by atoms with Crippen LogP contribution in [0.25, 0.3) is 6.08 Å². The van der Waals surface area contributed by atoms with Crippen molar-refractivity contribution >= 4 is 13.9 Å². The Morgan fingerprint density at radius 3 is 2.95 bits per heavy atom. The Morgan fingerprint density at radius 1 is 1.52 bits per heavy atom. The zero-order valence-corrected chi connectivity index (χ0v) is 12.8. The minimum Gasteiger partial charge on any atom is -0.513 e. The fourth-order valence-electron chi connectivity index (χ4n) is 3.83. The zero-order valence-electron chi connectivity index (χ0n) is 12.8. The highest BCUT2D eigenvalue weighted by molar-refractivity contribution is 6.16. The Kier molecular flexibility index (Phi) is 3.20. The molecule has 21 heavy (non-hydrogen) atoms. The normalized spacial score (nSPS) is 26.4. The number of hydrogen-bond acceptors (Lipinski definition) is 1. The summed E-state index contributed by atoms with van der Waals surface area (Å²) in [7, 11) is 2.28. The molecule has 0 saturated heterocycles. The zero-order chi connectivity index (χ0) is 15.2. The van der Waals surface area contributed by atoms with Crippen LogP contribution in [0.15, 0.2) is 60.4 Å². The Hall–Kier alpha value is -1.96. The quantitative estimate of drug-likeness (QED) is 0.653. The van der Waals surface area contributed by atoms with Crippen LogP contribution in [-0.2, 0) is 5.41 Å². The summed E-state index contributed by atoms with van der Waals surface area (Å²) in [6, 6.07) is 6.68. The van der Waals surface area contributed by atoms with E-state index >= 15 is 0 Å². The first kappa shape index (κ1) is 14.0. The molecule has 2 unspecified atom stereocenters. The van der Waals surface area contributed by atoms with Crippen LogP contribution in [0, 0.1) is 0 Å². The summed E-state index contributed by atoms with van der Waals surface area (Å²) in [5, 5.41) is 9.44. The third-order valence-electron chi connectivity index (χ3n) is 5.00. The van der Waals surface area contributed by atoms with E-state index in [-0.39, 0.29) is 11.2 Å². The topological polar surface area (TPSA) is 20.2 Å². The molecule has 0 radical (unpaired) electrons. The highest BCUT2D eigenvalue weighted by Gasteiger charge is 2.43. The van der Waals surface area contributed by atoms with Gasteiger partial charge >= 0.3 is 0 Å². The maximum absolute atomic E-state index is 9.44. The third kappa shape index (κ3) is 2.10. The third-order valence-corrected chi connectivity index (χ3v) is 5.00. The first-order valence-corrected chi connectivity index (χ1v) is 7.50. The van der Waals surface area contributed by atoms with Gasteiger partial charge in [0.2, 0.25) is 0 Å². The summed E-state index contributed by atoms with van der Waals surface area (Å²) in [5.74, 6) is 0.652. The molecule has 0 heterocycles. The molecule has 1 nitrogen and oxygen atoms in total. The van der Waals surface area contributed by atoms with Crippen LogP contribution in [0.2, 0.25) is 0 Å². The van der Waals surface area contributed by atoms with Crippen molar-refractivity contribution in [3.63, 3.8) is 0 Å². The highest BCUT2D eigenvalue weighted by Crippen LogP contribution is 2.53. The van der Waals surface area contributed by atoms with Gasteiger partial charge in [-0.05, 0) is 34.5 Å². The minimum absolute atomic E-state index is 0.0920. The van der Waals surface area contributed by atoms with Gasteiger partial charge in [0, 0.05) is 11.8 Å². The van der Waals surface area contributed by atoms with Gasteiger partial charge in [-0.3, -0.25) is 0 Å². The Balaban J connectivity index is 2.07. The van der Waals surface area contributed by atoms with Gasteiger partial charge in [0.15, 0.2) is 0 Å². The number of aliphatic hydroxyl groups excluding tert-OH is 1. The summed E-state index contributed by atoms with van der Waals surface area (Å²) in [5.41, 5.74) is 6.76. The molecular formula is C19H21BO. The van der Waals surface area contributed by atoms with Gasteiger partial charge in [0.05, 0.1) is 5.76 Å². The molecular weight excluding hydrogens is 255 g/mol. The van der Waals surface area contributed by atoms with Crippen molar-refractivity contribution in [2.75, 3.05) is 0 Å². The van der Waals surface area contributed by atoms with E-state index in [0.717, 1.165) is 6.42 Å². The molecule has 2 aliphatic carbocycles. The van der Waals surface area contributed by atoms with Crippen molar-refractivity contribution in [2.24, 2.45) is 0 Å². The lowest BCUT2D eigenvalue weighted by Crippen LogP contribution is -2.23. The lowest BCUT2D eigenvalue weighted by Gasteiger charge is -2.31. The van der Waals surface area contributed by atoms with Gasteiger partial charge in [0.1, 0.15) is 7.85 Å². The van der Waals surface area contributed by atoms with Gasteiger partial charge in [0.25, 0.3) is 0 Å². The Labute approximate surface area is 127 Å². The van der Waals surface area contributed by atoms with Crippen molar-refractivity contribution in [3.05, 3.63) is 77.1 Å². The molecule has 106 valence electrons. The van der Waals surface area contributed by atoms with E-state index in [1.165, 1.54) is 27.8 Å². The van der Waals surface area contributed by atoms with Crippen molar-refractivity contribution < 1.29 is 5.11 Å². The number of rotatable bonds is 3. The van der Waals surface area contributed by atoms with Crippen molar-refractivity contribution in [1.29, 1.82) is 0 Å². The molecule has 2 atom stereocenters. The number of aliphatic hydroxyl groups is 1. The maximum atomic E-state index is 9.44.